The number of hydrogen-bond acceptors (Lipinski definition) is 2. The Balaban J connectivity index is 1.92. The van der Waals surface area contributed by atoms with Gasteiger partial charge in [0.05, 0.1) is 16.8 Å². The summed E-state index contributed by atoms with van der Waals surface area (Å²) in [5.74, 6) is -2.17. The molecule has 2 rings (SSSR count). The third-order valence-corrected chi connectivity index (χ3v) is 4.35. The first-order valence-corrected chi connectivity index (χ1v) is 8.05. The lowest BCUT2D eigenvalue weighted by molar-refractivity contribution is -0.119. The number of amides is 1. The van der Waals surface area contributed by atoms with Gasteiger partial charge in [-0.25, -0.2) is 13.2 Å². The van der Waals surface area contributed by atoms with Gasteiger partial charge in [0.2, 0.25) is 5.91 Å². The second-order valence-electron chi connectivity index (χ2n) is 4.82. The molecule has 1 unspecified atom stereocenters. The first-order valence-electron chi connectivity index (χ1n) is 6.69. The molecule has 0 aliphatic heterocycles. The third-order valence-electron chi connectivity index (χ3n) is 3.07. The molecule has 23 heavy (non-hydrogen) atoms. The van der Waals surface area contributed by atoms with E-state index in [4.69, 9.17) is 11.6 Å². The van der Waals surface area contributed by atoms with E-state index in [1.807, 2.05) is 0 Å². The smallest absolute Gasteiger partial charge is 0.230 e. The second-order valence-corrected chi connectivity index (χ2v) is 6.28. The minimum absolute atomic E-state index is 0.0165. The summed E-state index contributed by atoms with van der Waals surface area (Å²) in [6, 6.07) is 6.77. The van der Waals surface area contributed by atoms with Crippen LogP contribution in [0.5, 0.6) is 0 Å². The topological polar surface area (TPSA) is 29.1 Å². The Morgan fingerprint density at radius 1 is 1.17 bits per heavy atom. The van der Waals surface area contributed by atoms with Crippen LogP contribution in [0.1, 0.15) is 18.5 Å². The van der Waals surface area contributed by atoms with Crippen LogP contribution in [-0.4, -0.2) is 11.7 Å². The number of halogens is 4. The Morgan fingerprint density at radius 3 is 2.57 bits per heavy atom. The molecular weight excluding hydrogens is 347 g/mol. The van der Waals surface area contributed by atoms with E-state index in [1.54, 1.807) is 6.92 Å². The van der Waals surface area contributed by atoms with Crippen LogP contribution in [0.15, 0.2) is 41.3 Å². The molecule has 1 N–H and O–H groups in total. The average molecular weight is 360 g/mol. The SMILES string of the molecule is CC(NC(=O)CSc1ccc(F)c(Cl)c1)c1ccc(F)cc1F. The van der Waals surface area contributed by atoms with Crippen molar-refractivity contribution in [3.8, 4) is 0 Å². The van der Waals surface area contributed by atoms with Crippen molar-refractivity contribution in [3.05, 3.63) is 64.4 Å². The van der Waals surface area contributed by atoms with Crippen molar-refractivity contribution in [3.63, 3.8) is 0 Å². The maximum atomic E-state index is 13.6. The third kappa shape index (κ3) is 4.91. The van der Waals surface area contributed by atoms with Gasteiger partial charge in [0.25, 0.3) is 0 Å². The summed E-state index contributed by atoms with van der Waals surface area (Å²) in [5, 5.41) is 2.61. The summed E-state index contributed by atoms with van der Waals surface area (Å²) in [4.78, 5) is 12.5. The number of nitrogens with one attached hydrogen (secondary N) is 1. The largest absolute Gasteiger partial charge is 0.349 e. The van der Waals surface area contributed by atoms with Crippen molar-refractivity contribution in [1.82, 2.24) is 5.32 Å². The van der Waals surface area contributed by atoms with Crippen LogP contribution in [0.4, 0.5) is 13.2 Å². The minimum atomic E-state index is -0.712. The summed E-state index contributed by atoms with van der Waals surface area (Å²) in [5.41, 5.74) is 0.203. The van der Waals surface area contributed by atoms with Gasteiger partial charge in [0, 0.05) is 16.5 Å². The fourth-order valence-electron chi connectivity index (χ4n) is 1.93. The molecule has 0 fully saturated rings. The van der Waals surface area contributed by atoms with E-state index in [1.165, 1.54) is 36.0 Å². The first-order chi connectivity index (χ1) is 10.9. The van der Waals surface area contributed by atoms with Crippen molar-refractivity contribution in [2.24, 2.45) is 0 Å². The molecule has 122 valence electrons. The molecule has 2 aromatic carbocycles. The van der Waals surface area contributed by atoms with E-state index in [0.717, 1.165) is 12.1 Å². The standard InChI is InChI=1S/C16H13ClF3NOS/c1-9(12-4-2-10(18)6-15(12)20)21-16(22)8-23-11-3-5-14(19)13(17)7-11/h2-7,9H,8H2,1H3,(H,21,22). The number of thioether (sulfide) groups is 1. The number of carbonyl (C=O) groups is 1. The summed E-state index contributed by atoms with van der Waals surface area (Å²) in [6.07, 6.45) is 0. The van der Waals surface area contributed by atoms with Gasteiger partial charge in [-0.3, -0.25) is 4.79 Å². The molecule has 0 aromatic heterocycles. The maximum absolute atomic E-state index is 13.6. The van der Waals surface area contributed by atoms with Crippen LogP contribution in [0, 0.1) is 17.5 Å². The lowest BCUT2D eigenvalue weighted by atomic mass is 10.1. The fourth-order valence-corrected chi connectivity index (χ4v) is 2.92. The Kier molecular flexibility index (Phi) is 5.96. The van der Waals surface area contributed by atoms with Gasteiger partial charge in [-0.05, 0) is 31.2 Å². The van der Waals surface area contributed by atoms with Crippen LogP contribution in [0.3, 0.4) is 0 Å². The van der Waals surface area contributed by atoms with E-state index in [0.29, 0.717) is 4.90 Å². The Bertz CT molecular complexity index is 726. The van der Waals surface area contributed by atoms with Crippen LogP contribution in [-0.2, 0) is 4.79 Å². The molecule has 0 radical (unpaired) electrons. The number of rotatable bonds is 5. The molecule has 0 aliphatic carbocycles. The molecule has 0 bridgehead atoms. The van der Waals surface area contributed by atoms with Gasteiger partial charge in [-0.15, -0.1) is 11.8 Å². The number of hydrogen-bond donors (Lipinski definition) is 1. The summed E-state index contributed by atoms with van der Waals surface area (Å²) in [6.45, 7) is 1.60. The van der Waals surface area contributed by atoms with E-state index < -0.39 is 23.5 Å². The van der Waals surface area contributed by atoms with Crippen LogP contribution >= 0.6 is 23.4 Å². The molecular formula is C16H13ClF3NOS. The normalized spacial score (nSPS) is 12.0. The van der Waals surface area contributed by atoms with Gasteiger partial charge in [0.15, 0.2) is 0 Å². The molecule has 0 aliphatic rings. The zero-order chi connectivity index (χ0) is 17.0. The highest BCUT2D eigenvalue weighted by molar-refractivity contribution is 8.00. The Labute approximate surface area is 141 Å². The monoisotopic (exact) mass is 359 g/mol. The molecule has 1 atom stereocenters. The zero-order valence-electron chi connectivity index (χ0n) is 12.1. The second kappa shape index (κ2) is 7.75. The predicted molar refractivity (Wildman–Crippen MR) is 85.0 cm³/mol. The predicted octanol–water partition coefficient (Wildman–Crippen LogP) is 4.73. The molecule has 0 saturated heterocycles. The molecule has 0 heterocycles. The molecule has 1 amide bonds. The Morgan fingerprint density at radius 2 is 1.91 bits per heavy atom. The van der Waals surface area contributed by atoms with E-state index in [9.17, 15) is 18.0 Å². The lowest BCUT2D eigenvalue weighted by Crippen LogP contribution is -2.28. The molecule has 2 aromatic rings. The van der Waals surface area contributed by atoms with Crippen molar-refractivity contribution < 1.29 is 18.0 Å². The van der Waals surface area contributed by atoms with Crippen LogP contribution in [0.2, 0.25) is 5.02 Å². The van der Waals surface area contributed by atoms with Crippen molar-refractivity contribution in [2.75, 3.05) is 5.75 Å². The van der Waals surface area contributed by atoms with Crippen LogP contribution in [0.25, 0.3) is 0 Å². The van der Waals surface area contributed by atoms with Gasteiger partial charge in [0.1, 0.15) is 17.5 Å². The van der Waals surface area contributed by atoms with Gasteiger partial charge in [-0.2, -0.15) is 0 Å². The highest BCUT2D eigenvalue weighted by Gasteiger charge is 2.14. The molecule has 2 nitrogen and oxygen atoms in total. The molecule has 0 spiro atoms. The van der Waals surface area contributed by atoms with Gasteiger partial charge < -0.3 is 5.32 Å². The highest BCUT2D eigenvalue weighted by atomic mass is 35.5. The molecule has 0 saturated carbocycles. The van der Waals surface area contributed by atoms with E-state index in [-0.39, 0.29) is 22.2 Å². The summed E-state index contributed by atoms with van der Waals surface area (Å²) >= 11 is 6.84. The fraction of sp³-hybridized carbons (Fsp3) is 0.188. The lowest BCUT2D eigenvalue weighted by Gasteiger charge is -2.15. The van der Waals surface area contributed by atoms with Gasteiger partial charge >= 0.3 is 0 Å². The minimum Gasteiger partial charge on any atom is -0.349 e. The summed E-state index contributed by atoms with van der Waals surface area (Å²) in [7, 11) is 0. The van der Waals surface area contributed by atoms with Crippen molar-refractivity contribution in [2.45, 2.75) is 17.9 Å². The average Bonchev–Trinajstić information content (AvgIpc) is 2.48. The molecule has 7 heteroatoms. The van der Waals surface area contributed by atoms with Crippen molar-refractivity contribution >= 4 is 29.3 Å². The quantitative estimate of drug-likeness (QED) is 0.782. The van der Waals surface area contributed by atoms with Gasteiger partial charge in [-0.1, -0.05) is 17.7 Å². The summed E-state index contributed by atoms with van der Waals surface area (Å²) < 4.78 is 39.6. The van der Waals surface area contributed by atoms with E-state index in [2.05, 4.69) is 5.32 Å². The number of benzene rings is 2. The van der Waals surface area contributed by atoms with Crippen molar-refractivity contribution in [1.29, 1.82) is 0 Å². The first kappa shape index (κ1) is 17.7. The maximum Gasteiger partial charge on any atom is 0.230 e. The highest BCUT2D eigenvalue weighted by Crippen LogP contribution is 2.24. The number of carbonyl (C=O) groups excluding carboxylic acids is 1. The van der Waals surface area contributed by atoms with Crippen LogP contribution < -0.4 is 5.32 Å². The Hall–Kier alpha value is -1.66. The zero-order valence-corrected chi connectivity index (χ0v) is 13.6. The van der Waals surface area contributed by atoms with E-state index >= 15 is 0 Å².